The Hall–Kier alpha value is -3.89. The zero-order chi connectivity index (χ0) is 24.1. The van der Waals surface area contributed by atoms with Crippen molar-refractivity contribution >= 4 is 39.0 Å². The number of nitrogens with zero attached hydrogens (tertiary/aromatic N) is 3. The highest BCUT2D eigenvalue weighted by molar-refractivity contribution is 7.92. The minimum Gasteiger partial charge on any atom is -0.495 e. The number of anilines is 2. The average Bonchev–Trinajstić information content (AvgIpc) is 3.26. The van der Waals surface area contributed by atoms with Gasteiger partial charge in [0.1, 0.15) is 5.75 Å². The molecule has 9 nitrogen and oxygen atoms in total. The Labute approximate surface area is 201 Å². The van der Waals surface area contributed by atoms with Crippen LogP contribution in [0.1, 0.15) is 16.1 Å². The van der Waals surface area contributed by atoms with Crippen molar-refractivity contribution in [1.82, 2.24) is 14.8 Å². The fourth-order valence-electron chi connectivity index (χ4n) is 3.13. The number of aromatic nitrogens is 3. The van der Waals surface area contributed by atoms with Gasteiger partial charge in [0, 0.05) is 29.0 Å². The van der Waals surface area contributed by atoms with E-state index in [-0.39, 0.29) is 16.1 Å². The third kappa shape index (κ3) is 5.53. The summed E-state index contributed by atoms with van der Waals surface area (Å²) in [5, 5.41) is 7.33. The summed E-state index contributed by atoms with van der Waals surface area (Å²) in [5.41, 5.74) is 1.16. The van der Waals surface area contributed by atoms with Crippen LogP contribution in [0.4, 0.5) is 11.5 Å². The van der Waals surface area contributed by atoms with E-state index in [2.05, 4.69) is 20.1 Å². The molecule has 0 unspecified atom stereocenters. The van der Waals surface area contributed by atoms with Crippen molar-refractivity contribution in [3.05, 3.63) is 95.4 Å². The summed E-state index contributed by atoms with van der Waals surface area (Å²) in [6.45, 7) is 0.447. The highest BCUT2D eigenvalue weighted by Gasteiger charge is 2.19. The van der Waals surface area contributed by atoms with Crippen molar-refractivity contribution in [2.75, 3.05) is 17.1 Å². The second-order valence-corrected chi connectivity index (χ2v) is 9.27. The maximum Gasteiger partial charge on any atom is 0.262 e. The van der Waals surface area contributed by atoms with Gasteiger partial charge in [-0.2, -0.15) is 5.10 Å². The highest BCUT2D eigenvalue weighted by atomic mass is 35.5. The van der Waals surface area contributed by atoms with E-state index in [9.17, 15) is 13.2 Å². The molecule has 34 heavy (non-hydrogen) atoms. The zero-order valence-corrected chi connectivity index (χ0v) is 19.5. The topological polar surface area (TPSA) is 115 Å². The molecule has 0 aliphatic heterocycles. The zero-order valence-electron chi connectivity index (χ0n) is 18.0. The average molecular weight is 498 g/mol. The summed E-state index contributed by atoms with van der Waals surface area (Å²) in [6, 6.07) is 17.5. The number of carbonyl (C=O) groups excluding carboxylic acids is 1. The minimum atomic E-state index is -4.02. The summed E-state index contributed by atoms with van der Waals surface area (Å²) in [6.07, 6.45) is 3.41. The van der Waals surface area contributed by atoms with Crippen molar-refractivity contribution in [2.45, 2.75) is 11.4 Å². The second kappa shape index (κ2) is 9.94. The third-order valence-corrected chi connectivity index (χ3v) is 6.34. The number of sulfonamides is 1. The van der Waals surface area contributed by atoms with Gasteiger partial charge >= 0.3 is 0 Å². The molecule has 0 atom stereocenters. The van der Waals surface area contributed by atoms with E-state index < -0.39 is 15.9 Å². The molecular weight excluding hydrogens is 478 g/mol. The Morgan fingerprint density at radius 2 is 1.94 bits per heavy atom. The standard InChI is InChI=1S/C23H20ClN5O4S/c1-33-21-9-8-17(24)14-20(21)28-34(31,32)19-7-4-5-16(13-19)23(30)26-22-10-12-29(27-22)15-18-6-2-3-11-25-18/h2-14,28H,15H2,1H3,(H,26,27,30). The molecule has 2 N–H and O–H groups in total. The van der Waals surface area contributed by atoms with Gasteiger partial charge in [-0.15, -0.1) is 0 Å². The number of nitrogens with one attached hydrogen (secondary N) is 2. The van der Waals surface area contributed by atoms with Crippen LogP contribution in [-0.4, -0.2) is 36.2 Å². The van der Waals surface area contributed by atoms with Gasteiger partial charge in [-0.05, 0) is 48.5 Å². The van der Waals surface area contributed by atoms with Crippen molar-refractivity contribution in [3.63, 3.8) is 0 Å². The molecule has 0 spiro atoms. The molecule has 0 saturated carbocycles. The third-order valence-electron chi connectivity index (χ3n) is 4.74. The molecule has 174 valence electrons. The SMILES string of the molecule is COc1ccc(Cl)cc1NS(=O)(=O)c1cccc(C(=O)Nc2ccn(Cc3ccccn3)n2)c1. The van der Waals surface area contributed by atoms with Crippen LogP contribution in [0.2, 0.25) is 5.02 Å². The number of ether oxygens (including phenoxy) is 1. The van der Waals surface area contributed by atoms with E-state index in [0.717, 1.165) is 5.69 Å². The summed E-state index contributed by atoms with van der Waals surface area (Å²) in [5.74, 6) is 0.139. The van der Waals surface area contributed by atoms with E-state index in [1.165, 1.54) is 37.4 Å². The second-order valence-electron chi connectivity index (χ2n) is 7.15. The number of pyridine rings is 1. The maximum atomic E-state index is 12.9. The predicted molar refractivity (Wildman–Crippen MR) is 129 cm³/mol. The lowest BCUT2D eigenvalue weighted by molar-refractivity contribution is 0.102. The number of carbonyl (C=O) groups is 1. The first-order valence-electron chi connectivity index (χ1n) is 10.1. The van der Waals surface area contributed by atoms with Crippen LogP contribution in [0.15, 0.2) is 84.0 Å². The largest absolute Gasteiger partial charge is 0.495 e. The van der Waals surface area contributed by atoms with E-state index in [1.807, 2.05) is 18.2 Å². The quantitative estimate of drug-likeness (QED) is 0.379. The van der Waals surface area contributed by atoms with Crippen molar-refractivity contribution in [2.24, 2.45) is 0 Å². The van der Waals surface area contributed by atoms with Crippen LogP contribution >= 0.6 is 11.6 Å². The molecule has 4 aromatic rings. The van der Waals surface area contributed by atoms with Crippen LogP contribution in [0.5, 0.6) is 5.75 Å². The fourth-order valence-corrected chi connectivity index (χ4v) is 4.41. The normalized spacial score (nSPS) is 11.1. The molecule has 0 radical (unpaired) electrons. The molecule has 2 heterocycles. The van der Waals surface area contributed by atoms with Crippen LogP contribution in [0.25, 0.3) is 0 Å². The number of rotatable bonds is 8. The molecule has 2 aromatic heterocycles. The summed E-state index contributed by atoms with van der Waals surface area (Å²) in [7, 11) is -2.60. The number of amides is 1. The van der Waals surface area contributed by atoms with Gasteiger partial charge in [0.2, 0.25) is 0 Å². The molecular formula is C23H20ClN5O4S. The number of methoxy groups -OCH3 is 1. The first kappa shape index (κ1) is 23.3. The van der Waals surface area contributed by atoms with E-state index >= 15 is 0 Å². The van der Waals surface area contributed by atoms with Crippen LogP contribution < -0.4 is 14.8 Å². The van der Waals surface area contributed by atoms with Crippen LogP contribution in [-0.2, 0) is 16.6 Å². The van der Waals surface area contributed by atoms with Crippen molar-refractivity contribution < 1.29 is 17.9 Å². The highest BCUT2D eigenvalue weighted by Crippen LogP contribution is 2.30. The lowest BCUT2D eigenvalue weighted by Crippen LogP contribution is -2.16. The number of hydrogen-bond acceptors (Lipinski definition) is 6. The maximum absolute atomic E-state index is 12.9. The molecule has 1 amide bonds. The van der Waals surface area contributed by atoms with Gasteiger partial charge in [0.15, 0.2) is 5.82 Å². The van der Waals surface area contributed by atoms with E-state index in [4.69, 9.17) is 16.3 Å². The Balaban J connectivity index is 1.49. The van der Waals surface area contributed by atoms with E-state index in [0.29, 0.717) is 23.1 Å². The number of benzene rings is 2. The molecule has 0 saturated heterocycles. The molecule has 11 heteroatoms. The lowest BCUT2D eigenvalue weighted by atomic mass is 10.2. The summed E-state index contributed by atoms with van der Waals surface area (Å²) in [4.78, 5) is 16.9. The predicted octanol–water partition coefficient (Wildman–Crippen LogP) is 4.04. The molecule has 0 aliphatic carbocycles. The van der Waals surface area contributed by atoms with Crippen molar-refractivity contribution in [3.8, 4) is 5.75 Å². The molecule has 0 fully saturated rings. The fraction of sp³-hybridized carbons (Fsp3) is 0.0870. The van der Waals surface area contributed by atoms with E-state index in [1.54, 1.807) is 35.3 Å². The monoisotopic (exact) mass is 497 g/mol. The Morgan fingerprint density at radius 1 is 1.09 bits per heavy atom. The van der Waals surface area contributed by atoms with Crippen molar-refractivity contribution in [1.29, 1.82) is 0 Å². The summed E-state index contributed by atoms with van der Waals surface area (Å²) < 4.78 is 35.1. The molecule has 2 aromatic carbocycles. The van der Waals surface area contributed by atoms with Crippen LogP contribution in [0, 0.1) is 0 Å². The molecule has 0 aliphatic rings. The molecule has 0 bridgehead atoms. The first-order chi connectivity index (χ1) is 16.3. The van der Waals surface area contributed by atoms with Gasteiger partial charge in [-0.25, -0.2) is 8.42 Å². The molecule has 4 rings (SSSR count). The van der Waals surface area contributed by atoms with Crippen LogP contribution in [0.3, 0.4) is 0 Å². The smallest absolute Gasteiger partial charge is 0.262 e. The minimum absolute atomic E-state index is 0.0946. The van der Waals surface area contributed by atoms with Gasteiger partial charge in [0.25, 0.3) is 15.9 Å². The Bertz CT molecular complexity index is 1420. The van der Waals surface area contributed by atoms with Gasteiger partial charge in [0.05, 0.1) is 29.9 Å². The van der Waals surface area contributed by atoms with Gasteiger partial charge in [-0.3, -0.25) is 19.2 Å². The van der Waals surface area contributed by atoms with Gasteiger partial charge < -0.3 is 10.1 Å². The Kier molecular flexibility index (Phi) is 6.80. The van der Waals surface area contributed by atoms with Gasteiger partial charge in [-0.1, -0.05) is 23.7 Å². The first-order valence-corrected chi connectivity index (χ1v) is 11.9. The summed E-state index contributed by atoms with van der Waals surface area (Å²) >= 11 is 5.99. The number of halogens is 1. The number of hydrogen-bond donors (Lipinski definition) is 2. The lowest BCUT2D eigenvalue weighted by Gasteiger charge is -2.13. The Morgan fingerprint density at radius 3 is 2.71 bits per heavy atom.